The molecule has 2 aromatic heterocycles. The Bertz CT molecular complexity index is 1130. The minimum absolute atomic E-state index is 0.282. The molecule has 2 aromatic carbocycles. The van der Waals surface area contributed by atoms with Gasteiger partial charge in [0.1, 0.15) is 22.1 Å². The average molecular weight is 436 g/mol. The first-order valence-electron chi connectivity index (χ1n) is 7.98. The zero-order valence-electron chi connectivity index (χ0n) is 14.0. The highest BCUT2D eigenvalue weighted by Crippen LogP contribution is 2.37. The summed E-state index contributed by atoms with van der Waals surface area (Å²) in [4.78, 5) is 4.63. The molecule has 0 bridgehead atoms. The topological polar surface area (TPSA) is 38.7 Å². The largest absolute Gasteiger partial charge is 0.238 e. The maximum Gasteiger partial charge on any atom is 0.146 e. The van der Waals surface area contributed by atoms with Crippen LogP contribution in [0.15, 0.2) is 47.5 Å². The number of nitrogens with zero attached hydrogens (tertiary/aromatic N) is 3. The number of thioether (sulfide) groups is 1. The summed E-state index contributed by atoms with van der Waals surface area (Å²) in [6.45, 7) is 1.95. The number of fused-ring (bicyclic) bond motifs is 1. The first-order valence-corrected chi connectivity index (χ1v) is 10.5. The predicted octanol–water partition coefficient (Wildman–Crippen LogP) is 6.80. The van der Waals surface area contributed by atoms with Gasteiger partial charge >= 0.3 is 0 Å². The van der Waals surface area contributed by atoms with Crippen molar-refractivity contribution >= 4 is 56.5 Å². The molecule has 4 aromatic rings. The number of thiazole rings is 1. The van der Waals surface area contributed by atoms with E-state index in [4.69, 9.17) is 23.2 Å². The fourth-order valence-corrected chi connectivity index (χ4v) is 5.07. The molecule has 4 rings (SSSR count). The molecule has 0 aliphatic rings. The van der Waals surface area contributed by atoms with Gasteiger partial charge in [0.15, 0.2) is 0 Å². The number of hydrogen-bond donors (Lipinski definition) is 0. The van der Waals surface area contributed by atoms with Crippen LogP contribution in [0.25, 0.3) is 21.5 Å². The first-order chi connectivity index (χ1) is 13.0. The molecule has 0 N–H and O–H groups in total. The molecule has 3 nitrogen and oxygen atoms in total. The number of halogens is 3. The van der Waals surface area contributed by atoms with E-state index in [2.05, 4.69) is 15.2 Å². The van der Waals surface area contributed by atoms with Gasteiger partial charge in [-0.2, -0.15) is 0 Å². The van der Waals surface area contributed by atoms with Crippen LogP contribution in [0, 0.1) is 12.7 Å². The van der Waals surface area contributed by atoms with Gasteiger partial charge in [-0.25, -0.2) is 9.37 Å². The molecule has 0 aliphatic heterocycles. The van der Waals surface area contributed by atoms with E-state index in [0.717, 1.165) is 31.4 Å². The fraction of sp³-hybridized carbons (Fsp3) is 0.105. The first kappa shape index (κ1) is 18.6. The quantitative estimate of drug-likeness (QED) is 0.330. The van der Waals surface area contributed by atoms with Crippen LogP contribution < -0.4 is 0 Å². The van der Waals surface area contributed by atoms with Gasteiger partial charge in [-0.1, -0.05) is 41.0 Å². The van der Waals surface area contributed by atoms with Crippen LogP contribution in [0.1, 0.15) is 10.6 Å². The van der Waals surface area contributed by atoms with Crippen molar-refractivity contribution in [1.29, 1.82) is 0 Å². The molecule has 2 heterocycles. The molecule has 0 spiro atoms. The van der Waals surface area contributed by atoms with Gasteiger partial charge in [-0.05, 0) is 48.9 Å². The Hall–Kier alpha value is -1.73. The van der Waals surface area contributed by atoms with Gasteiger partial charge in [0.25, 0.3) is 0 Å². The number of hydrogen-bond acceptors (Lipinski definition) is 5. The molecule has 0 saturated carbocycles. The molecule has 0 unspecified atom stereocenters. The van der Waals surface area contributed by atoms with E-state index in [1.54, 1.807) is 29.5 Å². The molecule has 136 valence electrons. The van der Waals surface area contributed by atoms with Crippen molar-refractivity contribution in [3.63, 3.8) is 0 Å². The van der Waals surface area contributed by atoms with Gasteiger partial charge < -0.3 is 0 Å². The summed E-state index contributed by atoms with van der Waals surface area (Å²) >= 11 is 15.3. The van der Waals surface area contributed by atoms with Crippen LogP contribution in [0.3, 0.4) is 0 Å². The van der Waals surface area contributed by atoms with Crippen LogP contribution >= 0.6 is 46.3 Å². The van der Waals surface area contributed by atoms with Crippen molar-refractivity contribution in [3.05, 3.63) is 68.9 Å². The van der Waals surface area contributed by atoms with Gasteiger partial charge in [0.2, 0.25) is 0 Å². The van der Waals surface area contributed by atoms with Crippen molar-refractivity contribution < 1.29 is 4.39 Å². The third kappa shape index (κ3) is 3.94. The summed E-state index contributed by atoms with van der Waals surface area (Å²) < 4.78 is 14.2. The smallest absolute Gasteiger partial charge is 0.146 e. The van der Waals surface area contributed by atoms with E-state index in [0.29, 0.717) is 21.5 Å². The molecule has 8 heteroatoms. The van der Waals surface area contributed by atoms with Crippen molar-refractivity contribution in [1.82, 2.24) is 15.2 Å². The maximum absolute atomic E-state index is 13.2. The van der Waals surface area contributed by atoms with Gasteiger partial charge in [-0.15, -0.1) is 21.5 Å². The Morgan fingerprint density at radius 2 is 1.85 bits per heavy atom. The maximum atomic E-state index is 13.2. The second kappa shape index (κ2) is 7.72. The molecule has 0 atom stereocenters. The Balaban J connectivity index is 1.70. The highest BCUT2D eigenvalue weighted by molar-refractivity contribution is 7.98. The minimum Gasteiger partial charge on any atom is -0.238 e. The van der Waals surface area contributed by atoms with E-state index in [1.807, 2.05) is 19.1 Å². The van der Waals surface area contributed by atoms with Crippen LogP contribution in [-0.4, -0.2) is 15.2 Å². The summed E-state index contributed by atoms with van der Waals surface area (Å²) in [7, 11) is 0. The fourth-order valence-electron chi connectivity index (χ4n) is 2.60. The number of benzene rings is 2. The van der Waals surface area contributed by atoms with Gasteiger partial charge in [0.05, 0.1) is 9.71 Å². The lowest BCUT2D eigenvalue weighted by molar-refractivity contribution is 0.628. The number of aromatic nitrogens is 3. The third-order valence-electron chi connectivity index (χ3n) is 3.89. The third-order valence-corrected chi connectivity index (χ3v) is 6.46. The SMILES string of the molecule is Cc1nc2c(SCc3ccc(Cl)cc3Cl)nnc(-c3ccc(F)cc3)c2s1. The van der Waals surface area contributed by atoms with E-state index in [9.17, 15) is 4.39 Å². The summed E-state index contributed by atoms with van der Waals surface area (Å²) in [6.07, 6.45) is 0. The van der Waals surface area contributed by atoms with E-state index in [1.165, 1.54) is 23.9 Å². The Kier molecular flexibility index (Phi) is 5.32. The van der Waals surface area contributed by atoms with Crippen LogP contribution in [-0.2, 0) is 5.75 Å². The number of aryl methyl sites for hydroxylation is 1. The molecule has 27 heavy (non-hydrogen) atoms. The van der Waals surface area contributed by atoms with Gasteiger partial charge in [-0.3, -0.25) is 0 Å². The second-order valence-electron chi connectivity index (χ2n) is 5.80. The molecular formula is C19H12Cl2FN3S2. The van der Waals surface area contributed by atoms with Crippen LogP contribution in [0.2, 0.25) is 10.0 Å². The summed E-state index contributed by atoms with van der Waals surface area (Å²) in [5.74, 6) is 0.349. The summed E-state index contributed by atoms with van der Waals surface area (Å²) in [5.41, 5.74) is 3.30. The van der Waals surface area contributed by atoms with Crippen molar-refractivity contribution in [2.75, 3.05) is 0 Å². The zero-order chi connectivity index (χ0) is 19.0. The summed E-state index contributed by atoms with van der Waals surface area (Å²) in [6, 6.07) is 11.7. The average Bonchev–Trinajstić information content (AvgIpc) is 3.03. The van der Waals surface area contributed by atoms with Crippen LogP contribution in [0.5, 0.6) is 0 Å². The monoisotopic (exact) mass is 435 g/mol. The van der Waals surface area contributed by atoms with Gasteiger partial charge in [0, 0.05) is 21.4 Å². The van der Waals surface area contributed by atoms with E-state index < -0.39 is 0 Å². The lowest BCUT2D eigenvalue weighted by Crippen LogP contribution is -1.93. The molecule has 0 aliphatic carbocycles. The highest BCUT2D eigenvalue weighted by atomic mass is 35.5. The van der Waals surface area contributed by atoms with E-state index in [-0.39, 0.29) is 5.82 Å². The Labute approximate surface area is 173 Å². The van der Waals surface area contributed by atoms with E-state index >= 15 is 0 Å². The zero-order valence-corrected chi connectivity index (χ0v) is 17.2. The lowest BCUT2D eigenvalue weighted by Gasteiger charge is -2.06. The van der Waals surface area contributed by atoms with Crippen molar-refractivity contribution in [3.8, 4) is 11.3 Å². The minimum atomic E-state index is -0.282. The molecule has 0 amide bonds. The van der Waals surface area contributed by atoms with Crippen molar-refractivity contribution in [2.45, 2.75) is 17.7 Å². The number of rotatable bonds is 4. The van der Waals surface area contributed by atoms with Crippen LogP contribution in [0.4, 0.5) is 4.39 Å². The lowest BCUT2D eigenvalue weighted by atomic mass is 10.1. The molecule has 0 saturated heterocycles. The standard InChI is InChI=1S/C19H12Cl2FN3S2/c1-10-23-17-18(27-10)16(11-3-6-14(22)7-4-11)24-25-19(17)26-9-12-2-5-13(20)8-15(12)21/h2-8H,9H2,1H3. The summed E-state index contributed by atoms with van der Waals surface area (Å²) in [5, 5.41) is 11.7. The predicted molar refractivity (Wildman–Crippen MR) is 111 cm³/mol. The molecule has 0 fully saturated rings. The highest BCUT2D eigenvalue weighted by Gasteiger charge is 2.16. The molecular weight excluding hydrogens is 424 g/mol. The second-order valence-corrected chi connectivity index (χ2v) is 8.81. The van der Waals surface area contributed by atoms with Crippen molar-refractivity contribution in [2.24, 2.45) is 0 Å². The Morgan fingerprint density at radius 3 is 2.59 bits per heavy atom. The Morgan fingerprint density at radius 1 is 1.07 bits per heavy atom. The normalized spacial score (nSPS) is 11.3. The molecule has 0 radical (unpaired) electrons.